The van der Waals surface area contributed by atoms with Crippen LogP contribution in [0.4, 0.5) is 0 Å². The van der Waals surface area contributed by atoms with Crippen molar-refractivity contribution in [1.82, 2.24) is 14.5 Å². The third kappa shape index (κ3) is 5.87. The Morgan fingerprint density at radius 2 is 1.90 bits per heavy atom. The first-order chi connectivity index (χ1) is 15.0. The summed E-state index contributed by atoms with van der Waals surface area (Å²) in [5.74, 6) is -0.265. The van der Waals surface area contributed by atoms with Crippen LogP contribution in [0.5, 0.6) is 0 Å². The molecule has 0 N–H and O–H groups in total. The van der Waals surface area contributed by atoms with E-state index < -0.39 is 0 Å². The number of hydrogen-bond acceptors (Lipinski definition) is 6. The summed E-state index contributed by atoms with van der Waals surface area (Å²) in [5, 5.41) is 0.983. The van der Waals surface area contributed by atoms with Crippen molar-refractivity contribution in [3.05, 3.63) is 34.1 Å². The molecule has 1 aromatic heterocycles. The Bertz CT molecular complexity index is 983. The van der Waals surface area contributed by atoms with Crippen LogP contribution in [0, 0.1) is 0 Å². The van der Waals surface area contributed by atoms with Crippen molar-refractivity contribution in [1.29, 1.82) is 0 Å². The molecule has 0 aliphatic carbocycles. The second-order valence-corrected chi connectivity index (χ2v) is 8.68. The summed E-state index contributed by atoms with van der Waals surface area (Å²) in [6.45, 7) is 6.27. The summed E-state index contributed by atoms with van der Waals surface area (Å²) >= 11 is 1.21. The molecule has 0 radical (unpaired) electrons. The summed E-state index contributed by atoms with van der Waals surface area (Å²) < 4.78 is 6.66. The highest BCUT2D eigenvalue weighted by atomic mass is 32.2. The molecule has 31 heavy (non-hydrogen) atoms. The van der Waals surface area contributed by atoms with Crippen molar-refractivity contribution in [2.45, 2.75) is 64.1 Å². The number of nitrogens with zero attached hydrogens (tertiary/aromatic N) is 3. The van der Waals surface area contributed by atoms with Gasteiger partial charge in [0.1, 0.15) is 0 Å². The molecule has 1 fully saturated rings. The Balaban J connectivity index is 1.94. The molecule has 1 amide bonds. The highest BCUT2D eigenvalue weighted by Crippen LogP contribution is 2.21. The van der Waals surface area contributed by atoms with Gasteiger partial charge in [0, 0.05) is 25.2 Å². The molecule has 1 aromatic carbocycles. The Hall–Kier alpha value is -2.35. The number of rotatable bonds is 9. The molecular weight excluding hydrogens is 414 g/mol. The quantitative estimate of drug-likeness (QED) is 0.252. The third-order valence-electron chi connectivity index (χ3n) is 5.42. The molecule has 3 rings (SSSR count). The van der Waals surface area contributed by atoms with Gasteiger partial charge in [0.25, 0.3) is 11.5 Å². The number of carbonyl (C=O) groups is 2. The van der Waals surface area contributed by atoms with Crippen LogP contribution in [-0.2, 0) is 16.1 Å². The summed E-state index contributed by atoms with van der Waals surface area (Å²) in [7, 11) is 0. The highest BCUT2D eigenvalue weighted by molar-refractivity contribution is 7.99. The van der Waals surface area contributed by atoms with Gasteiger partial charge in [-0.2, -0.15) is 0 Å². The van der Waals surface area contributed by atoms with Crippen LogP contribution in [-0.4, -0.2) is 51.8 Å². The van der Waals surface area contributed by atoms with Gasteiger partial charge < -0.3 is 9.64 Å². The average molecular weight is 446 g/mol. The van der Waals surface area contributed by atoms with E-state index in [2.05, 4.69) is 11.9 Å². The van der Waals surface area contributed by atoms with Crippen molar-refractivity contribution in [3.8, 4) is 0 Å². The minimum absolute atomic E-state index is 0.0174. The van der Waals surface area contributed by atoms with Crippen LogP contribution in [0.1, 0.15) is 62.7 Å². The van der Waals surface area contributed by atoms with Gasteiger partial charge in [-0.25, -0.2) is 4.98 Å². The van der Waals surface area contributed by atoms with Crippen LogP contribution in [0.25, 0.3) is 10.9 Å². The van der Waals surface area contributed by atoms with E-state index in [-0.39, 0.29) is 23.2 Å². The van der Waals surface area contributed by atoms with Crippen molar-refractivity contribution >= 4 is 34.5 Å². The van der Waals surface area contributed by atoms with Crippen LogP contribution in [0.3, 0.4) is 0 Å². The van der Waals surface area contributed by atoms with Crippen LogP contribution in [0.2, 0.25) is 0 Å². The molecular formula is C23H31N3O4S. The molecule has 1 aliphatic heterocycles. The van der Waals surface area contributed by atoms with Gasteiger partial charge in [0.05, 0.1) is 23.3 Å². The topological polar surface area (TPSA) is 81.5 Å². The van der Waals surface area contributed by atoms with Gasteiger partial charge in [-0.05, 0) is 50.8 Å². The molecule has 0 bridgehead atoms. The van der Waals surface area contributed by atoms with Gasteiger partial charge in [0.2, 0.25) is 0 Å². The molecule has 0 atom stereocenters. The number of carbonyl (C=O) groups excluding carboxylic acids is 2. The van der Waals surface area contributed by atoms with E-state index in [4.69, 9.17) is 4.74 Å². The van der Waals surface area contributed by atoms with E-state index in [0.717, 1.165) is 51.6 Å². The highest BCUT2D eigenvalue weighted by Gasteiger charge is 2.20. The first-order valence-corrected chi connectivity index (χ1v) is 12.2. The number of likely N-dealkylation sites (tertiary alicyclic amines) is 1. The summed E-state index contributed by atoms with van der Waals surface area (Å²) in [5.41, 5.74) is 0.904. The fourth-order valence-corrected chi connectivity index (χ4v) is 4.59. The van der Waals surface area contributed by atoms with Crippen LogP contribution in [0.15, 0.2) is 28.2 Å². The lowest BCUT2D eigenvalue weighted by molar-refractivity contribution is -0.139. The normalized spacial score (nSPS) is 14.1. The second-order valence-electron chi connectivity index (χ2n) is 7.74. The van der Waals surface area contributed by atoms with Crippen molar-refractivity contribution < 1.29 is 14.3 Å². The van der Waals surface area contributed by atoms with Crippen molar-refractivity contribution in [3.63, 3.8) is 0 Å². The molecule has 2 aromatic rings. The zero-order chi connectivity index (χ0) is 22.2. The average Bonchev–Trinajstić information content (AvgIpc) is 2.79. The van der Waals surface area contributed by atoms with E-state index in [9.17, 15) is 14.4 Å². The predicted molar refractivity (Wildman–Crippen MR) is 123 cm³/mol. The molecule has 2 heterocycles. The zero-order valence-corrected chi connectivity index (χ0v) is 19.2. The number of ether oxygens (including phenoxy) is 1. The molecule has 8 heteroatoms. The van der Waals surface area contributed by atoms with Gasteiger partial charge in [-0.1, -0.05) is 31.5 Å². The lowest BCUT2D eigenvalue weighted by atomic mass is 10.1. The van der Waals surface area contributed by atoms with Crippen LogP contribution < -0.4 is 5.56 Å². The largest absolute Gasteiger partial charge is 0.465 e. The maximum atomic E-state index is 13.2. The molecule has 0 unspecified atom stereocenters. The molecule has 0 saturated carbocycles. The van der Waals surface area contributed by atoms with E-state index in [1.54, 1.807) is 29.7 Å². The Kier molecular flexibility index (Phi) is 8.51. The van der Waals surface area contributed by atoms with E-state index in [1.165, 1.54) is 11.8 Å². The smallest absolute Gasteiger partial charge is 0.316 e. The van der Waals surface area contributed by atoms with Crippen molar-refractivity contribution in [2.24, 2.45) is 0 Å². The molecule has 1 aliphatic rings. The maximum absolute atomic E-state index is 13.2. The van der Waals surface area contributed by atoms with E-state index >= 15 is 0 Å². The second kappa shape index (κ2) is 11.3. The number of aromatic nitrogens is 2. The SMILES string of the molecule is CCCCCn1c(SCC(=O)OCC)nc2cc(C(=O)N3CCCCC3)ccc2c1=O. The van der Waals surface area contributed by atoms with Crippen LogP contribution >= 0.6 is 11.8 Å². The number of piperidine rings is 1. The minimum Gasteiger partial charge on any atom is -0.465 e. The van der Waals surface area contributed by atoms with Gasteiger partial charge in [-0.3, -0.25) is 19.0 Å². The Morgan fingerprint density at radius 3 is 2.61 bits per heavy atom. The lowest BCUT2D eigenvalue weighted by Gasteiger charge is -2.26. The van der Waals surface area contributed by atoms with E-state index in [1.807, 2.05) is 4.90 Å². The van der Waals surface area contributed by atoms with Crippen molar-refractivity contribution in [2.75, 3.05) is 25.4 Å². The number of fused-ring (bicyclic) bond motifs is 1. The van der Waals surface area contributed by atoms with Gasteiger partial charge in [0.15, 0.2) is 5.16 Å². The summed E-state index contributed by atoms with van der Waals surface area (Å²) in [6.07, 6.45) is 6.12. The zero-order valence-electron chi connectivity index (χ0n) is 18.4. The minimum atomic E-state index is -0.337. The standard InChI is InChI=1S/C23H31N3O4S/c1-3-5-7-14-26-22(29)18-11-10-17(21(28)25-12-8-6-9-13-25)15-19(18)24-23(26)31-16-20(27)30-4-2/h10-11,15H,3-9,12-14,16H2,1-2H3. The fourth-order valence-electron chi connectivity index (χ4n) is 3.77. The first kappa shape index (κ1) is 23.3. The number of unbranched alkanes of at least 4 members (excludes halogenated alkanes) is 2. The number of esters is 1. The summed E-state index contributed by atoms with van der Waals surface area (Å²) in [4.78, 5) is 44.5. The monoisotopic (exact) mass is 445 g/mol. The van der Waals surface area contributed by atoms with Gasteiger partial charge >= 0.3 is 5.97 Å². The first-order valence-electron chi connectivity index (χ1n) is 11.2. The number of hydrogen-bond donors (Lipinski definition) is 0. The molecule has 0 spiro atoms. The summed E-state index contributed by atoms with van der Waals surface area (Å²) in [6, 6.07) is 5.14. The molecule has 1 saturated heterocycles. The number of amides is 1. The van der Waals surface area contributed by atoms with Gasteiger partial charge in [-0.15, -0.1) is 0 Å². The third-order valence-corrected chi connectivity index (χ3v) is 6.37. The molecule has 168 valence electrons. The number of thioether (sulfide) groups is 1. The fraction of sp³-hybridized carbons (Fsp3) is 0.565. The van der Waals surface area contributed by atoms with E-state index in [0.29, 0.717) is 34.8 Å². The molecule has 7 nitrogen and oxygen atoms in total. The Morgan fingerprint density at radius 1 is 1.13 bits per heavy atom. The lowest BCUT2D eigenvalue weighted by Crippen LogP contribution is -2.35. The number of benzene rings is 1. The maximum Gasteiger partial charge on any atom is 0.316 e. The Labute approximate surface area is 187 Å². The predicted octanol–water partition coefficient (Wildman–Crippen LogP) is 3.87.